The molecule has 1 saturated carbocycles. The van der Waals surface area contributed by atoms with Gasteiger partial charge in [-0.05, 0) is 61.5 Å². The number of thiocarbonyl (C=S) groups is 1. The third-order valence-corrected chi connectivity index (χ3v) is 8.67. The van der Waals surface area contributed by atoms with Crippen LogP contribution in [0, 0.1) is 11.3 Å². The van der Waals surface area contributed by atoms with E-state index in [-0.39, 0.29) is 11.8 Å². The van der Waals surface area contributed by atoms with Crippen molar-refractivity contribution >= 4 is 29.2 Å². The summed E-state index contributed by atoms with van der Waals surface area (Å²) in [6.45, 7) is 1.49. The summed E-state index contributed by atoms with van der Waals surface area (Å²) in [5.41, 5.74) is 1.22. The number of likely N-dealkylation sites (tertiary alicyclic amines) is 1. The van der Waals surface area contributed by atoms with Crippen LogP contribution in [0.5, 0.6) is 5.75 Å². The van der Waals surface area contributed by atoms with E-state index in [1.165, 1.54) is 6.42 Å². The van der Waals surface area contributed by atoms with Gasteiger partial charge >= 0.3 is 5.97 Å². The first-order chi connectivity index (χ1) is 18.8. The lowest BCUT2D eigenvalue weighted by Crippen LogP contribution is -2.56. The fourth-order valence-corrected chi connectivity index (χ4v) is 6.35. The summed E-state index contributed by atoms with van der Waals surface area (Å²) in [6.07, 6.45) is 11.2. The van der Waals surface area contributed by atoms with E-state index in [4.69, 9.17) is 17.0 Å². The van der Waals surface area contributed by atoms with Crippen molar-refractivity contribution in [1.29, 1.82) is 0 Å². The number of aryl methyl sites for hydroxylation is 1. The summed E-state index contributed by atoms with van der Waals surface area (Å²) in [5.74, 6) is 0.199. The highest BCUT2D eigenvalue weighted by atomic mass is 32.1. The minimum Gasteiger partial charge on any atom is -0.497 e. The van der Waals surface area contributed by atoms with Crippen molar-refractivity contribution < 1.29 is 19.4 Å². The molecule has 0 unspecified atom stereocenters. The molecule has 1 atom stereocenters. The highest BCUT2D eigenvalue weighted by molar-refractivity contribution is 7.80. The summed E-state index contributed by atoms with van der Waals surface area (Å²) in [4.78, 5) is 32.4. The Morgan fingerprint density at radius 2 is 1.87 bits per heavy atom. The van der Waals surface area contributed by atoms with Crippen molar-refractivity contribution in [3.8, 4) is 5.75 Å². The van der Waals surface area contributed by atoms with Crippen LogP contribution in [0.1, 0.15) is 56.2 Å². The molecule has 4 rings (SSSR count). The van der Waals surface area contributed by atoms with Crippen molar-refractivity contribution in [2.75, 3.05) is 26.7 Å². The number of carboxylic acid groups (broad SMARTS) is 1. The number of amides is 1. The lowest BCUT2D eigenvalue weighted by Gasteiger charge is -2.45. The van der Waals surface area contributed by atoms with Crippen LogP contribution >= 0.6 is 12.2 Å². The molecule has 1 aromatic heterocycles. The molecular weight excluding hydrogens is 514 g/mol. The summed E-state index contributed by atoms with van der Waals surface area (Å²) < 4.78 is 7.18. The van der Waals surface area contributed by atoms with Gasteiger partial charge in [-0.25, -0.2) is 4.98 Å². The van der Waals surface area contributed by atoms with Crippen molar-refractivity contribution in [2.24, 2.45) is 18.4 Å². The van der Waals surface area contributed by atoms with Gasteiger partial charge in [0.1, 0.15) is 11.8 Å². The number of imidazole rings is 1. The van der Waals surface area contributed by atoms with Crippen LogP contribution in [0.2, 0.25) is 0 Å². The van der Waals surface area contributed by atoms with Gasteiger partial charge in [-0.1, -0.05) is 31.4 Å². The number of hydrogen-bond donors (Lipinski definition) is 3. The first kappa shape index (κ1) is 28.9. The molecule has 2 heterocycles. The van der Waals surface area contributed by atoms with Gasteiger partial charge in [0.25, 0.3) is 0 Å². The highest BCUT2D eigenvalue weighted by Gasteiger charge is 2.48. The molecule has 2 aromatic rings. The number of rotatable bonds is 10. The molecule has 0 bridgehead atoms. The topological polar surface area (TPSA) is 109 Å². The number of piperidine rings is 1. The molecule has 2 fully saturated rings. The number of nitrogens with one attached hydrogen (secondary N) is 2. The fraction of sp³-hybridized carbons (Fsp3) is 0.586. The molecule has 1 saturated heterocycles. The maximum absolute atomic E-state index is 13.8. The zero-order valence-corrected chi connectivity index (χ0v) is 23.8. The molecule has 0 radical (unpaired) electrons. The molecule has 10 heteroatoms. The van der Waals surface area contributed by atoms with Crippen molar-refractivity contribution in [3.63, 3.8) is 0 Å². The second kappa shape index (κ2) is 13.3. The van der Waals surface area contributed by atoms with E-state index in [2.05, 4.69) is 15.6 Å². The second-order valence-electron chi connectivity index (χ2n) is 10.9. The number of nitrogens with zero attached hydrogens (tertiary/aromatic N) is 3. The van der Waals surface area contributed by atoms with E-state index in [1.807, 2.05) is 47.0 Å². The molecule has 1 aliphatic carbocycles. The summed E-state index contributed by atoms with van der Waals surface area (Å²) in [6, 6.07) is 7.10. The summed E-state index contributed by atoms with van der Waals surface area (Å²) in [7, 11) is 3.56. The van der Waals surface area contributed by atoms with Crippen molar-refractivity contribution in [3.05, 3.63) is 48.0 Å². The molecule has 0 spiro atoms. The Hall–Kier alpha value is -3.14. The number of ether oxygens (including phenoxy) is 1. The molecular formula is C29H41N5O4S. The lowest BCUT2D eigenvalue weighted by molar-refractivity contribution is -0.160. The van der Waals surface area contributed by atoms with E-state index in [0.29, 0.717) is 50.4 Å². The molecule has 2 aliphatic rings. The molecule has 1 amide bonds. The van der Waals surface area contributed by atoms with Crippen LogP contribution in [0.25, 0.3) is 0 Å². The van der Waals surface area contributed by atoms with Gasteiger partial charge in [0, 0.05) is 45.7 Å². The number of methoxy groups -OCH3 is 1. The van der Waals surface area contributed by atoms with Crippen LogP contribution < -0.4 is 15.4 Å². The lowest BCUT2D eigenvalue weighted by atomic mass is 9.64. The average Bonchev–Trinajstić information content (AvgIpc) is 3.37. The molecule has 1 aromatic carbocycles. The number of benzene rings is 1. The number of aromatic nitrogens is 2. The maximum Gasteiger partial charge on any atom is 0.310 e. The molecule has 9 nitrogen and oxygen atoms in total. The van der Waals surface area contributed by atoms with Crippen molar-refractivity contribution in [2.45, 2.75) is 63.8 Å². The smallest absolute Gasteiger partial charge is 0.310 e. The van der Waals surface area contributed by atoms with E-state index < -0.39 is 17.4 Å². The van der Waals surface area contributed by atoms with Gasteiger partial charge in [0.2, 0.25) is 5.91 Å². The average molecular weight is 556 g/mol. The van der Waals surface area contributed by atoms with Crippen molar-refractivity contribution in [1.82, 2.24) is 25.1 Å². The standard InChI is InChI=1S/C29H41N5O4S/c1-33-19-23(31-20-33)12-15-30-28(39)32-25(18-21-8-10-24(38-2)11-9-21)26(35)34-16-13-29(14-17-34,27(36)37)22-6-4-3-5-7-22/h8-11,19-20,22,25H,3-7,12-18H2,1-2H3,(H,36,37)(H2,30,32,39)/t25-/m1/s1. The van der Waals surface area contributed by atoms with Crippen LogP contribution in [-0.2, 0) is 29.5 Å². The Kier molecular flexibility index (Phi) is 9.83. The minimum atomic E-state index is -0.724. The molecule has 212 valence electrons. The summed E-state index contributed by atoms with van der Waals surface area (Å²) in [5, 5.41) is 17.1. The number of carbonyl (C=O) groups is 2. The first-order valence-corrected chi connectivity index (χ1v) is 14.4. The van der Waals surface area contributed by atoms with Gasteiger partial charge in [-0.3, -0.25) is 9.59 Å². The number of carboxylic acids is 1. The maximum atomic E-state index is 13.8. The number of carbonyl (C=O) groups excluding carboxylic acids is 1. The minimum absolute atomic E-state index is 0.0534. The van der Waals surface area contributed by atoms with Gasteiger partial charge in [0.05, 0.1) is 24.5 Å². The number of hydrogen-bond acceptors (Lipinski definition) is 5. The normalized spacial score (nSPS) is 18.3. The van der Waals surface area contributed by atoms with Crippen LogP contribution in [0.4, 0.5) is 0 Å². The monoisotopic (exact) mass is 555 g/mol. The quantitative estimate of drug-likeness (QED) is 0.383. The fourth-order valence-electron chi connectivity index (χ4n) is 6.11. The zero-order valence-electron chi connectivity index (χ0n) is 23.0. The Morgan fingerprint density at radius 3 is 2.46 bits per heavy atom. The van der Waals surface area contributed by atoms with Gasteiger partial charge in [0.15, 0.2) is 5.11 Å². The van der Waals surface area contributed by atoms with E-state index in [1.54, 1.807) is 13.4 Å². The Morgan fingerprint density at radius 1 is 1.18 bits per heavy atom. The van der Waals surface area contributed by atoms with E-state index in [0.717, 1.165) is 42.7 Å². The van der Waals surface area contributed by atoms with E-state index in [9.17, 15) is 14.7 Å². The Bertz CT molecular complexity index is 1120. The third-order valence-electron chi connectivity index (χ3n) is 8.41. The van der Waals surface area contributed by atoms with Crippen LogP contribution in [0.15, 0.2) is 36.8 Å². The SMILES string of the molecule is COc1ccc(C[C@@H](NC(=S)NCCc2cn(C)cn2)C(=O)N2CCC(C(=O)O)(C3CCCCC3)CC2)cc1. The van der Waals surface area contributed by atoms with E-state index >= 15 is 0 Å². The van der Waals surface area contributed by atoms with Crippen LogP contribution in [-0.4, -0.2) is 69.3 Å². The number of aliphatic carboxylic acids is 1. The largest absolute Gasteiger partial charge is 0.497 e. The van der Waals surface area contributed by atoms with Crippen LogP contribution in [0.3, 0.4) is 0 Å². The zero-order chi connectivity index (χ0) is 27.8. The molecule has 39 heavy (non-hydrogen) atoms. The third kappa shape index (κ3) is 7.29. The Labute approximate surface area is 236 Å². The van der Waals surface area contributed by atoms with Gasteiger partial charge in [-0.15, -0.1) is 0 Å². The predicted octanol–water partition coefficient (Wildman–Crippen LogP) is 3.32. The van der Waals surface area contributed by atoms with Gasteiger partial charge in [-0.2, -0.15) is 0 Å². The summed E-state index contributed by atoms with van der Waals surface area (Å²) >= 11 is 5.57. The molecule has 3 N–H and O–H groups in total. The van der Waals surface area contributed by atoms with Gasteiger partial charge < -0.3 is 29.9 Å². The highest BCUT2D eigenvalue weighted by Crippen LogP contribution is 2.46. The second-order valence-corrected chi connectivity index (χ2v) is 11.3. The predicted molar refractivity (Wildman–Crippen MR) is 154 cm³/mol. The Balaban J connectivity index is 1.41. The molecule has 1 aliphatic heterocycles. The first-order valence-electron chi connectivity index (χ1n) is 14.0.